The van der Waals surface area contributed by atoms with E-state index >= 15 is 0 Å². The molecule has 0 heterocycles. The molecule has 0 spiro atoms. The van der Waals surface area contributed by atoms with Crippen LogP contribution in [0.2, 0.25) is 0 Å². The lowest BCUT2D eigenvalue weighted by Crippen LogP contribution is -2.57. The van der Waals surface area contributed by atoms with Gasteiger partial charge in [0, 0.05) is 19.4 Å². The number of ether oxygens (including phenoxy) is 2. The molecule has 1 aliphatic rings. The van der Waals surface area contributed by atoms with Gasteiger partial charge in [0.2, 0.25) is 6.17 Å². The minimum Gasteiger partial charge on any atom is -0.464 e. The molecule has 15 heavy (non-hydrogen) atoms. The molecule has 1 saturated carbocycles. The third-order valence-electron chi connectivity index (χ3n) is 2.53. The predicted octanol–water partition coefficient (Wildman–Crippen LogP) is 0.818. The van der Waals surface area contributed by atoms with E-state index in [-0.39, 0.29) is 25.6 Å². The lowest BCUT2D eigenvalue weighted by Gasteiger charge is -2.43. The van der Waals surface area contributed by atoms with Gasteiger partial charge in [0.1, 0.15) is 5.60 Å². The number of esters is 1. The molecule has 1 aliphatic carbocycles. The second-order valence-electron chi connectivity index (χ2n) is 3.70. The van der Waals surface area contributed by atoms with Crippen LogP contribution in [0.3, 0.4) is 0 Å². The van der Waals surface area contributed by atoms with Crippen LogP contribution in [0.1, 0.15) is 26.7 Å². The highest BCUT2D eigenvalue weighted by atomic mass is 19.1. The molecular formula is C10H17FO4. The van der Waals surface area contributed by atoms with Crippen molar-refractivity contribution in [3.63, 3.8) is 0 Å². The van der Waals surface area contributed by atoms with Crippen LogP contribution < -0.4 is 0 Å². The number of carbonyl (C=O) groups excluding carboxylic acids is 1. The maximum Gasteiger partial charge on any atom is 0.343 e. The van der Waals surface area contributed by atoms with Gasteiger partial charge < -0.3 is 14.6 Å². The first-order valence-corrected chi connectivity index (χ1v) is 5.18. The van der Waals surface area contributed by atoms with Gasteiger partial charge in [0.25, 0.3) is 0 Å². The molecule has 4 nitrogen and oxygen atoms in total. The minimum atomic E-state index is -1.96. The number of hydrogen-bond acceptors (Lipinski definition) is 4. The Labute approximate surface area is 88.4 Å². The summed E-state index contributed by atoms with van der Waals surface area (Å²) in [6.45, 7) is 4.06. The Balaban J connectivity index is 2.41. The van der Waals surface area contributed by atoms with Crippen LogP contribution in [-0.4, -0.2) is 42.2 Å². The summed E-state index contributed by atoms with van der Waals surface area (Å²) in [5, 5.41) is 9.72. The largest absolute Gasteiger partial charge is 0.464 e. The Morgan fingerprint density at radius 3 is 2.60 bits per heavy atom. The smallest absolute Gasteiger partial charge is 0.343 e. The summed E-state index contributed by atoms with van der Waals surface area (Å²) in [6.07, 6.45) is -1.80. The molecule has 5 heteroatoms. The molecule has 1 N–H and O–H groups in total. The Morgan fingerprint density at radius 2 is 2.13 bits per heavy atom. The van der Waals surface area contributed by atoms with E-state index in [0.717, 1.165) is 0 Å². The van der Waals surface area contributed by atoms with Gasteiger partial charge in [-0.3, -0.25) is 0 Å². The van der Waals surface area contributed by atoms with Gasteiger partial charge >= 0.3 is 5.97 Å². The fourth-order valence-corrected chi connectivity index (χ4v) is 1.72. The summed E-state index contributed by atoms with van der Waals surface area (Å²) in [5.74, 6) is -0.991. The lowest BCUT2D eigenvalue weighted by atomic mass is 9.74. The van der Waals surface area contributed by atoms with Crippen LogP contribution in [0.4, 0.5) is 4.39 Å². The van der Waals surface area contributed by atoms with E-state index in [9.17, 15) is 14.3 Å². The van der Waals surface area contributed by atoms with Crippen molar-refractivity contribution in [1.82, 2.24) is 0 Å². The van der Waals surface area contributed by atoms with E-state index in [2.05, 4.69) is 4.74 Å². The average molecular weight is 220 g/mol. The van der Waals surface area contributed by atoms with Crippen molar-refractivity contribution < 1.29 is 23.8 Å². The predicted molar refractivity (Wildman–Crippen MR) is 51.1 cm³/mol. The van der Waals surface area contributed by atoms with E-state index in [1.807, 2.05) is 6.92 Å². The Morgan fingerprint density at radius 1 is 1.53 bits per heavy atom. The van der Waals surface area contributed by atoms with Crippen LogP contribution in [0.5, 0.6) is 0 Å². The third kappa shape index (κ3) is 2.66. The topological polar surface area (TPSA) is 55.8 Å². The van der Waals surface area contributed by atoms with Gasteiger partial charge in [-0.05, 0) is 13.8 Å². The van der Waals surface area contributed by atoms with Crippen molar-refractivity contribution in [3.8, 4) is 0 Å². The normalized spacial score (nSPS) is 31.9. The molecule has 88 valence electrons. The molecule has 1 rings (SSSR count). The SMILES string of the molecule is CCOC(=O)C(F)C1(O)CC(OCC)C1. The number of hydrogen-bond donors (Lipinski definition) is 1. The lowest BCUT2D eigenvalue weighted by molar-refractivity contribution is -0.191. The van der Waals surface area contributed by atoms with Crippen molar-refractivity contribution in [2.24, 2.45) is 0 Å². The van der Waals surface area contributed by atoms with E-state index in [1.54, 1.807) is 6.92 Å². The second-order valence-corrected chi connectivity index (χ2v) is 3.70. The van der Waals surface area contributed by atoms with Gasteiger partial charge in [0.15, 0.2) is 0 Å². The van der Waals surface area contributed by atoms with E-state index in [0.29, 0.717) is 6.61 Å². The van der Waals surface area contributed by atoms with Gasteiger partial charge in [-0.25, -0.2) is 9.18 Å². The number of aliphatic hydroxyl groups is 1. The minimum absolute atomic E-state index is 0.115. The molecule has 0 aromatic heterocycles. The van der Waals surface area contributed by atoms with E-state index in [1.165, 1.54) is 0 Å². The van der Waals surface area contributed by atoms with Crippen LogP contribution in [-0.2, 0) is 14.3 Å². The Bertz CT molecular complexity index is 225. The summed E-state index contributed by atoms with van der Waals surface area (Å²) in [7, 11) is 0. The quantitative estimate of drug-likeness (QED) is 0.697. The van der Waals surface area contributed by atoms with Crippen molar-refractivity contribution in [3.05, 3.63) is 0 Å². The highest BCUT2D eigenvalue weighted by Crippen LogP contribution is 2.39. The standard InChI is InChI=1S/C10H17FO4/c1-3-14-7-5-10(13,6-7)8(11)9(12)15-4-2/h7-8,13H,3-6H2,1-2H3. The molecule has 1 atom stereocenters. The van der Waals surface area contributed by atoms with Crippen LogP contribution in [0.15, 0.2) is 0 Å². The zero-order chi connectivity index (χ0) is 11.5. The van der Waals surface area contributed by atoms with Crippen molar-refractivity contribution in [1.29, 1.82) is 0 Å². The maximum atomic E-state index is 13.4. The van der Waals surface area contributed by atoms with Crippen molar-refractivity contribution >= 4 is 5.97 Å². The Hall–Kier alpha value is -0.680. The highest BCUT2D eigenvalue weighted by Gasteiger charge is 2.53. The maximum absolute atomic E-state index is 13.4. The second kappa shape index (κ2) is 4.90. The van der Waals surface area contributed by atoms with Crippen molar-refractivity contribution in [2.45, 2.75) is 44.6 Å². The van der Waals surface area contributed by atoms with E-state index in [4.69, 9.17) is 4.74 Å². The van der Waals surface area contributed by atoms with E-state index < -0.39 is 17.7 Å². The molecule has 0 amide bonds. The van der Waals surface area contributed by atoms with Gasteiger partial charge in [-0.2, -0.15) is 0 Å². The molecule has 0 saturated heterocycles. The van der Waals surface area contributed by atoms with Gasteiger partial charge in [-0.1, -0.05) is 0 Å². The zero-order valence-electron chi connectivity index (χ0n) is 9.03. The molecule has 0 aliphatic heterocycles. The fourth-order valence-electron chi connectivity index (χ4n) is 1.72. The molecular weight excluding hydrogens is 203 g/mol. The van der Waals surface area contributed by atoms with Crippen LogP contribution in [0, 0.1) is 0 Å². The highest BCUT2D eigenvalue weighted by molar-refractivity contribution is 5.76. The summed E-state index contributed by atoms with van der Waals surface area (Å²) < 4.78 is 23.1. The van der Waals surface area contributed by atoms with Gasteiger partial charge in [-0.15, -0.1) is 0 Å². The Kier molecular flexibility index (Phi) is 4.04. The van der Waals surface area contributed by atoms with Crippen molar-refractivity contribution in [2.75, 3.05) is 13.2 Å². The fraction of sp³-hybridized carbons (Fsp3) is 0.900. The first kappa shape index (κ1) is 12.4. The number of alkyl halides is 1. The molecule has 0 aromatic rings. The molecule has 0 aromatic carbocycles. The zero-order valence-corrected chi connectivity index (χ0v) is 9.03. The molecule has 0 radical (unpaired) electrons. The third-order valence-corrected chi connectivity index (χ3v) is 2.53. The molecule has 1 fully saturated rings. The van der Waals surface area contributed by atoms with Crippen LogP contribution in [0.25, 0.3) is 0 Å². The summed E-state index contributed by atoms with van der Waals surface area (Å²) in [6, 6.07) is 0. The molecule has 1 unspecified atom stereocenters. The summed E-state index contributed by atoms with van der Waals surface area (Å²) >= 11 is 0. The average Bonchev–Trinajstić information content (AvgIpc) is 2.15. The summed E-state index contributed by atoms with van der Waals surface area (Å²) in [5.41, 5.74) is -1.59. The number of carbonyl (C=O) groups is 1. The summed E-state index contributed by atoms with van der Waals surface area (Å²) in [4.78, 5) is 11.0. The monoisotopic (exact) mass is 220 g/mol. The first-order chi connectivity index (χ1) is 7.03. The van der Waals surface area contributed by atoms with Crippen LogP contribution >= 0.6 is 0 Å². The first-order valence-electron chi connectivity index (χ1n) is 5.18. The van der Waals surface area contributed by atoms with Gasteiger partial charge in [0.05, 0.1) is 12.7 Å². The number of halogens is 1. The molecule has 0 bridgehead atoms. The number of rotatable bonds is 5.